The number of amides is 2. The standard InChI is InChI=1S/C20H24N2O2/c1-14(22-20(24)15(2)21-16(3)23)19(17-10-6-4-7-11-17)18-12-8-5-9-13-18/h4-15,19H,1-3H3,(H,21,23)(H,22,24). The highest BCUT2D eigenvalue weighted by Gasteiger charge is 2.24. The predicted molar refractivity (Wildman–Crippen MR) is 95.6 cm³/mol. The Balaban J connectivity index is 2.21. The Bertz CT molecular complexity index is 631. The molecule has 0 spiro atoms. The van der Waals surface area contributed by atoms with Gasteiger partial charge in [0, 0.05) is 18.9 Å². The van der Waals surface area contributed by atoms with Gasteiger partial charge >= 0.3 is 0 Å². The SMILES string of the molecule is CC(=O)NC(C)C(=O)NC(C)C(c1ccccc1)c1ccccc1. The fourth-order valence-corrected chi connectivity index (χ4v) is 2.89. The van der Waals surface area contributed by atoms with Crippen LogP contribution in [0.4, 0.5) is 0 Å². The van der Waals surface area contributed by atoms with E-state index in [0.717, 1.165) is 11.1 Å². The lowest BCUT2D eigenvalue weighted by atomic mass is 9.85. The summed E-state index contributed by atoms with van der Waals surface area (Å²) in [7, 11) is 0. The molecule has 0 aliphatic carbocycles. The van der Waals surface area contributed by atoms with E-state index in [2.05, 4.69) is 34.9 Å². The summed E-state index contributed by atoms with van der Waals surface area (Å²) < 4.78 is 0. The van der Waals surface area contributed by atoms with Crippen LogP contribution in [0.25, 0.3) is 0 Å². The van der Waals surface area contributed by atoms with Crippen LogP contribution >= 0.6 is 0 Å². The van der Waals surface area contributed by atoms with Gasteiger partial charge in [0.25, 0.3) is 0 Å². The van der Waals surface area contributed by atoms with E-state index in [1.807, 2.05) is 43.3 Å². The zero-order valence-electron chi connectivity index (χ0n) is 14.3. The van der Waals surface area contributed by atoms with Crippen molar-refractivity contribution in [3.05, 3.63) is 71.8 Å². The molecule has 0 fully saturated rings. The highest BCUT2D eigenvalue weighted by molar-refractivity contribution is 5.86. The number of rotatable bonds is 6. The van der Waals surface area contributed by atoms with E-state index in [9.17, 15) is 9.59 Å². The van der Waals surface area contributed by atoms with Crippen molar-refractivity contribution in [1.29, 1.82) is 0 Å². The molecule has 0 saturated heterocycles. The van der Waals surface area contributed by atoms with Crippen molar-refractivity contribution in [3.63, 3.8) is 0 Å². The van der Waals surface area contributed by atoms with Gasteiger partial charge in [-0.2, -0.15) is 0 Å². The second-order valence-electron chi connectivity index (χ2n) is 6.02. The fourth-order valence-electron chi connectivity index (χ4n) is 2.89. The number of carbonyl (C=O) groups is 2. The molecule has 2 atom stereocenters. The normalized spacial score (nSPS) is 13.2. The summed E-state index contributed by atoms with van der Waals surface area (Å²) in [5, 5.41) is 5.64. The van der Waals surface area contributed by atoms with E-state index in [-0.39, 0.29) is 23.8 Å². The molecule has 0 saturated carbocycles. The molecule has 4 heteroatoms. The number of hydrogen-bond acceptors (Lipinski definition) is 2. The Labute approximate surface area is 143 Å². The van der Waals surface area contributed by atoms with Gasteiger partial charge < -0.3 is 10.6 Å². The first-order chi connectivity index (χ1) is 11.5. The van der Waals surface area contributed by atoms with E-state index >= 15 is 0 Å². The van der Waals surface area contributed by atoms with Gasteiger partial charge in [0.15, 0.2) is 0 Å². The Hall–Kier alpha value is -2.62. The van der Waals surface area contributed by atoms with Gasteiger partial charge in [0.05, 0.1) is 0 Å². The fraction of sp³-hybridized carbons (Fsp3) is 0.300. The van der Waals surface area contributed by atoms with Gasteiger partial charge in [0.1, 0.15) is 6.04 Å². The molecule has 0 aromatic heterocycles. The molecule has 2 aromatic carbocycles. The van der Waals surface area contributed by atoms with E-state index in [0.29, 0.717) is 0 Å². The number of benzene rings is 2. The molecule has 0 radical (unpaired) electrons. The van der Waals surface area contributed by atoms with Gasteiger partial charge in [-0.15, -0.1) is 0 Å². The second-order valence-corrected chi connectivity index (χ2v) is 6.02. The maximum Gasteiger partial charge on any atom is 0.242 e. The van der Waals surface area contributed by atoms with Crippen LogP contribution in [0.1, 0.15) is 37.8 Å². The third-order valence-corrected chi connectivity index (χ3v) is 4.00. The molecule has 126 valence electrons. The first-order valence-corrected chi connectivity index (χ1v) is 8.16. The molecule has 0 bridgehead atoms. The van der Waals surface area contributed by atoms with Gasteiger partial charge in [-0.1, -0.05) is 60.7 Å². The molecular formula is C20H24N2O2. The van der Waals surface area contributed by atoms with Crippen molar-refractivity contribution < 1.29 is 9.59 Å². The van der Waals surface area contributed by atoms with Crippen LogP contribution in [-0.2, 0) is 9.59 Å². The largest absolute Gasteiger partial charge is 0.351 e. The summed E-state index contributed by atoms with van der Waals surface area (Å²) in [4.78, 5) is 23.5. The number of hydrogen-bond donors (Lipinski definition) is 2. The lowest BCUT2D eigenvalue weighted by Crippen LogP contribution is -2.48. The molecule has 0 heterocycles. The van der Waals surface area contributed by atoms with Crippen molar-refractivity contribution in [2.45, 2.75) is 38.8 Å². The molecule has 2 unspecified atom stereocenters. The highest BCUT2D eigenvalue weighted by Crippen LogP contribution is 2.27. The summed E-state index contributed by atoms with van der Waals surface area (Å²) in [5.41, 5.74) is 2.28. The van der Waals surface area contributed by atoms with Crippen molar-refractivity contribution in [1.82, 2.24) is 10.6 Å². The molecular weight excluding hydrogens is 300 g/mol. The number of nitrogens with one attached hydrogen (secondary N) is 2. The van der Waals surface area contributed by atoms with Crippen LogP contribution in [0.2, 0.25) is 0 Å². The van der Waals surface area contributed by atoms with Crippen LogP contribution in [0.15, 0.2) is 60.7 Å². The lowest BCUT2D eigenvalue weighted by molar-refractivity contribution is -0.128. The Morgan fingerprint density at radius 1 is 0.792 bits per heavy atom. The zero-order valence-corrected chi connectivity index (χ0v) is 14.3. The summed E-state index contributed by atoms with van der Waals surface area (Å²) in [6.45, 7) is 5.08. The minimum absolute atomic E-state index is 0.0425. The van der Waals surface area contributed by atoms with Crippen molar-refractivity contribution in [3.8, 4) is 0 Å². The van der Waals surface area contributed by atoms with Gasteiger partial charge in [0.2, 0.25) is 11.8 Å². The maximum atomic E-state index is 12.3. The molecule has 4 nitrogen and oxygen atoms in total. The maximum absolute atomic E-state index is 12.3. The quantitative estimate of drug-likeness (QED) is 0.858. The average molecular weight is 324 g/mol. The summed E-state index contributed by atoms with van der Waals surface area (Å²) in [5.74, 6) is -0.358. The van der Waals surface area contributed by atoms with E-state index in [1.165, 1.54) is 6.92 Å². The minimum Gasteiger partial charge on any atom is -0.351 e. The van der Waals surface area contributed by atoms with Gasteiger partial charge in [-0.05, 0) is 25.0 Å². The Morgan fingerprint density at radius 2 is 1.25 bits per heavy atom. The van der Waals surface area contributed by atoms with Crippen LogP contribution in [0.5, 0.6) is 0 Å². The van der Waals surface area contributed by atoms with Crippen molar-refractivity contribution >= 4 is 11.8 Å². The third kappa shape index (κ3) is 4.69. The minimum atomic E-state index is -0.558. The monoisotopic (exact) mass is 324 g/mol. The number of carbonyl (C=O) groups excluding carboxylic acids is 2. The molecule has 2 aromatic rings. The molecule has 24 heavy (non-hydrogen) atoms. The topological polar surface area (TPSA) is 58.2 Å². The van der Waals surface area contributed by atoms with Crippen LogP contribution in [0, 0.1) is 0 Å². The Kier molecular flexibility index (Phi) is 6.13. The van der Waals surface area contributed by atoms with Crippen molar-refractivity contribution in [2.24, 2.45) is 0 Å². The van der Waals surface area contributed by atoms with E-state index in [4.69, 9.17) is 0 Å². The second kappa shape index (κ2) is 8.29. The molecule has 2 amide bonds. The molecule has 2 rings (SSSR count). The van der Waals surface area contributed by atoms with Gasteiger partial charge in [-0.3, -0.25) is 9.59 Å². The summed E-state index contributed by atoms with van der Waals surface area (Å²) in [6, 6.07) is 19.6. The first-order valence-electron chi connectivity index (χ1n) is 8.16. The molecule has 0 aliphatic rings. The van der Waals surface area contributed by atoms with E-state index in [1.54, 1.807) is 6.92 Å². The zero-order chi connectivity index (χ0) is 17.5. The smallest absolute Gasteiger partial charge is 0.242 e. The summed E-state index contributed by atoms with van der Waals surface area (Å²) >= 11 is 0. The van der Waals surface area contributed by atoms with Crippen molar-refractivity contribution in [2.75, 3.05) is 0 Å². The average Bonchev–Trinajstić information content (AvgIpc) is 2.56. The third-order valence-electron chi connectivity index (χ3n) is 4.00. The van der Waals surface area contributed by atoms with Crippen LogP contribution in [-0.4, -0.2) is 23.9 Å². The lowest BCUT2D eigenvalue weighted by Gasteiger charge is -2.27. The Morgan fingerprint density at radius 3 is 1.67 bits per heavy atom. The van der Waals surface area contributed by atoms with E-state index < -0.39 is 6.04 Å². The van der Waals surface area contributed by atoms with Gasteiger partial charge in [-0.25, -0.2) is 0 Å². The molecule has 2 N–H and O–H groups in total. The first kappa shape index (κ1) is 17.7. The predicted octanol–water partition coefficient (Wildman–Crippen LogP) is 2.85. The highest BCUT2D eigenvalue weighted by atomic mass is 16.2. The van der Waals surface area contributed by atoms with Crippen LogP contribution < -0.4 is 10.6 Å². The molecule has 0 aliphatic heterocycles. The van der Waals surface area contributed by atoms with Crippen LogP contribution in [0.3, 0.4) is 0 Å². The summed E-state index contributed by atoms with van der Waals surface area (Å²) in [6.07, 6.45) is 0.